The summed E-state index contributed by atoms with van der Waals surface area (Å²) in [4.78, 5) is 18.5. The minimum atomic E-state index is 0.0679. The van der Waals surface area contributed by atoms with Gasteiger partial charge in [0.2, 0.25) is 5.91 Å². The average Bonchev–Trinajstić information content (AvgIpc) is 2.96. The summed E-state index contributed by atoms with van der Waals surface area (Å²) < 4.78 is 0. The Bertz CT molecular complexity index is 607. The fraction of sp³-hybridized carbons (Fsp3) is 0.412. The van der Waals surface area contributed by atoms with Gasteiger partial charge in [0.1, 0.15) is 5.01 Å². The summed E-state index contributed by atoms with van der Waals surface area (Å²) in [6.45, 7) is 8.70. The number of aryl methyl sites for hydroxylation is 1. The molecule has 0 spiro atoms. The maximum absolute atomic E-state index is 11.7. The van der Waals surface area contributed by atoms with Gasteiger partial charge in [0, 0.05) is 24.0 Å². The number of hydrogen-bond donors (Lipinski definition) is 1. The summed E-state index contributed by atoms with van der Waals surface area (Å²) in [6, 6.07) is 8.40. The highest BCUT2D eigenvalue weighted by Crippen LogP contribution is 2.24. The van der Waals surface area contributed by atoms with E-state index in [1.807, 2.05) is 6.92 Å². The van der Waals surface area contributed by atoms with E-state index in [9.17, 15) is 4.79 Å². The SMILES string of the molecule is CCNC(=O)CN(CC)Cc1csc(-c2ccc(C)cc2)n1. The Labute approximate surface area is 136 Å². The second kappa shape index (κ2) is 8.06. The lowest BCUT2D eigenvalue weighted by Gasteiger charge is -2.18. The number of thiazole rings is 1. The number of carbonyl (C=O) groups excluding carboxylic acids is 1. The predicted octanol–water partition coefficient (Wildman–Crippen LogP) is 3.08. The Morgan fingerprint density at radius 3 is 2.64 bits per heavy atom. The van der Waals surface area contributed by atoms with E-state index in [1.54, 1.807) is 11.3 Å². The number of carbonyl (C=O) groups is 1. The molecule has 5 heteroatoms. The van der Waals surface area contributed by atoms with Gasteiger partial charge in [-0.05, 0) is 20.4 Å². The number of benzene rings is 1. The second-order valence-electron chi connectivity index (χ2n) is 5.27. The van der Waals surface area contributed by atoms with E-state index < -0.39 is 0 Å². The van der Waals surface area contributed by atoms with Crippen molar-refractivity contribution in [3.05, 3.63) is 40.9 Å². The lowest BCUT2D eigenvalue weighted by molar-refractivity contribution is -0.122. The van der Waals surface area contributed by atoms with E-state index in [4.69, 9.17) is 4.98 Å². The van der Waals surface area contributed by atoms with Gasteiger partial charge >= 0.3 is 0 Å². The molecule has 1 aromatic carbocycles. The number of amides is 1. The third-order valence-electron chi connectivity index (χ3n) is 3.42. The van der Waals surface area contributed by atoms with Crippen LogP contribution >= 0.6 is 11.3 Å². The Morgan fingerprint density at radius 1 is 1.27 bits per heavy atom. The fourth-order valence-corrected chi connectivity index (χ4v) is 2.99. The summed E-state index contributed by atoms with van der Waals surface area (Å²) in [5.74, 6) is 0.0679. The molecule has 4 nitrogen and oxygen atoms in total. The highest BCUT2D eigenvalue weighted by Gasteiger charge is 2.11. The van der Waals surface area contributed by atoms with Crippen molar-refractivity contribution in [2.45, 2.75) is 27.3 Å². The van der Waals surface area contributed by atoms with Crippen LogP contribution in [-0.4, -0.2) is 35.4 Å². The van der Waals surface area contributed by atoms with Crippen molar-refractivity contribution < 1.29 is 4.79 Å². The van der Waals surface area contributed by atoms with Gasteiger partial charge in [0.15, 0.2) is 0 Å². The van der Waals surface area contributed by atoms with Crippen molar-refractivity contribution in [1.29, 1.82) is 0 Å². The third kappa shape index (κ3) is 4.64. The molecule has 0 saturated heterocycles. The molecule has 1 aromatic heterocycles. The van der Waals surface area contributed by atoms with E-state index in [2.05, 4.69) is 53.7 Å². The summed E-state index contributed by atoms with van der Waals surface area (Å²) in [6.07, 6.45) is 0. The molecule has 0 aliphatic rings. The van der Waals surface area contributed by atoms with E-state index in [-0.39, 0.29) is 5.91 Å². The van der Waals surface area contributed by atoms with E-state index in [0.29, 0.717) is 19.6 Å². The van der Waals surface area contributed by atoms with Crippen LogP contribution in [0.15, 0.2) is 29.6 Å². The molecule has 0 radical (unpaired) electrons. The Hall–Kier alpha value is -1.72. The minimum absolute atomic E-state index is 0.0679. The lowest BCUT2D eigenvalue weighted by atomic mass is 10.2. The first kappa shape index (κ1) is 16.6. The van der Waals surface area contributed by atoms with Gasteiger partial charge in [-0.2, -0.15) is 0 Å². The van der Waals surface area contributed by atoms with Crippen molar-refractivity contribution in [1.82, 2.24) is 15.2 Å². The Balaban J connectivity index is 2.01. The van der Waals surface area contributed by atoms with Crippen molar-refractivity contribution in [3.63, 3.8) is 0 Å². The van der Waals surface area contributed by atoms with Gasteiger partial charge < -0.3 is 5.32 Å². The summed E-state index contributed by atoms with van der Waals surface area (Å²) in [5.41, 5.74) is 3.42. The summed E-state index contributed by atoms with van der Waals surface area (Å²) in [7, 11) is 0. The largest absolute Gasteiger partial charge is 0.355 e. The van der Waals surface area contributed by atoms with Crippen LogP contribution in [0.1, 0.15) is 25.1 Å². The number of nitrogens with one attached hydrogen (secondary N) is 1. The van der Waals surface area contributed by atoms with Gasteiger partial charge in [-0.3, -0.25) is 9.69 Å². The molecule has 1 heterocycles. The molecule has 22 heavy (non-hydrogen) atoms. The van der Waals surface area contributed by atoms with Gasteiger partial charge in [0.25, 0.3) is 0 Å². The van der Waals surface area contributed by atoms with Crippen LogP contribution in [0.3, 0.4) is 0 Å². The molecule has 0 fully saturated rings. The molecule has 118 valence electrons. The standard InChI is InChI=1S/C17H23N3OS/c1-4-18-16(21)11-20(5-2)10-15-12-22-17(19-15)14-8-6-13(3)7-9-14/h6-9,12H,4-5,10-11H2,1-3H3,(H,18,21). The maximum atomic E-state index is 11.7. The highest BCUT2D eigenvalue weighted by molar-refractivity contribution is 7.13. The molecular formula is C17H23N3OS. The molecule has 1 amide bonds. The van der Waals surface area contributed by atoms with Gasteiger partial charge in [-0.25, -0.2) is 4.98 Å². The molecule has 2 rings (SSSR count). The number of likely N-dealkylation sites (N-methyl/N-ethyl adjacent to an activating group) is 2. The van der Waals surface area contributed by atoms with Gasteiger partial charge in [0.05, 0.1) is 12.2 Å². The quantitative estimate of drug-likeness (QED) is 0.853. The first-order chi connectivity index (χ1) is 10.6. The second-order valence-corrected chi connectivity index (χ2v) is 6.12. The fourth-order valence-electron chi connectivity index (χ4n) is 2.17. The molecule has 1 N–H and O–H groups in total. The van der Waals surface area contributed by atoms with E-state index >= 15 is 0 Å². The van der Waals surface area contributed by atoms with Crippen molar-refractivity contribution in [3.8, 4) is 10.6 Å². The van der Waals surface area contributed by atoms with E-state index in [0.717, 1.165) is 22.8 Å². The molecular weight excluding hydrogens is 294 g/mol. The zero-order chi connectivity index (χ0) is 15.9. The number of nitrogens with zero attached hydrogens (tertiary/aromatic N) is 2. The van der Waals surface area contributed by atoms with Gasteiger partial charge in [-0.15, -0.1) is 11.3 Å². The number of hydrogen-bond acceptors (Lipinski definition) is 4. The van der Waals surface area contributed by atoms with Crippen LogP contribution < -0.4 is 5.32 Å². The van der Waals surface area contributed by atoms with Crippen LogP contribution in [0.5, 0.6) is 0 Å². The Morgan fingerprint density at radius 2 is 2.00 bits per heavy atom. The van der Waals surface area contributed by atoms with Crippen LogP contribution in [0.2, 0.25) is 0 Å². The monoisotopic (exact) mass is 317 g/mol. The van der Waals surface area contributed by atoms with Crippen LogP contribution in [0.25, 0.3) is 10.6 Å². The zero-order valence-corrected chi connectivity index (χ0v) is 14.2. The normalized spacial score (nSPS) is 10.9. The third-order valence-corrected chi connectivity index (χ3v) is 4.36. The van der Waals surface area contributed by atoms with Crippen molar-refractivity contribution in [2.75, 3.05) is 19.6 Å². The molecule has 0 saturated carbocycles. The van der Waals surface area contributed by atoms with Crippen molar-refractivity contribution >= 4 is 17.2 Å². The smallest absolute Gasteiger partial charge is 0.234 e. The van der Waals surface area contributed by atoms with Crippen LogP contribution in [0.4, 0.5) is 0 Å². The average molecular weight is 317 g/mol. The molecule has 0 aliphatic carbocycles. The molecule has 0 aliphatic heterocycles. The lowest BCUT2D eigenvalue weighted by Crippen LogP contribution is -2.36. The summed E-state index contributed by atoms with van der Waals surface area (Å²) in [5, 5.41) is 5.94. The first-order valence-corrected chi connectivity index (χ1v) is 8.50. The Kier molecular flexibility index (Phi) is 6.10. The van der Waals surface area contributed by atoms with Crippen LogP contribution in [-0.2, 0) is 11.3 Å². The highest BCUT2D eigenvalue weighted by atomic mass is 32.1. The number of aromatic nitrogens is 1. The molecule has 0 unspecified atom stereocenters. The van der Waals surface area contributed by atoms with Crippen LogP contribution in [0, 0.1) is 6.92 Å². The summed E-state index contributed by atoms with van der Waals surface area (Å²) >= 11 is 1.65. The molecule has 0 bridgehead atoms. The maximum Gasteiger partial charge on any atom is 0.234 e. The van der Waals surface area contributed by atoms with E-state index in [1.165, 1.54) is 5.56 Å². The minimum Gasteiger partial charge on any atom is -0.355 e. The molecule has 2 aromatic rings. The first-order valence-electron chi connectivity index (χ1n) is 7.62. The topological polar surface area (TPSA) is 45.2 Å². The van der Waals surface area contributed by atoms with Crippen molar-refractivity contribution in [2.24, 2.45) is 0 Å². The zero-order valence-electron chi connectivity index (χ0n) is 13.4. The molecule has 0 atom stereocenters. The predicted molar refractivity (Wildman–Crippen MR) is 91.9 cm³/mol. The number of rotatable bonds is 7. The van der Waals surface area contributed by atoms with Gasteiger partial charge in [-0.1, -0.05) is 36.8 Å².